The van der Waals surface area contributed by atoms with Gasteiger partial charge in [-0.15, -0.1) is 5.10 Å². The van der Waals surface area contributed by atoms with Crippen molar-refractivity contribution >= 4 is 29.5 Å². The fourth-order valence-corrected chi connectivity index (χ4v) is 4.08. The zero-order chi connectivity index (χ0) is 19.8. The number of benzene rings is 1. The number of methoxy groups -OCH3 is 1. The van der Waals surface area contributed by atoms with Gasteiger partial charge in [0.15, 0.2) is 5.78 Å². The number of thioether (sulfide) groups is 1. The number of nitrogens with zero attached hydrogens (tertiary/aromatic N) is 3. The van der Waals surface area contributed by atoms with Crippen molar-refractivity contribution in [3.63, 3.8) is 0 Å². The third-order valence-corrected chi connectivity index (χ3v) is 5.41. The Kier molecular flexibility index (Phi) is 4.88. The SMILES string of the molecule is COC(=O)CSc1nc2n(n1)[C@H](c1cc(F)cc(F)c1)C1=C(CCCC1=O)N2. The van der Waals surface area contributed by atoms with Crippen molar-refractivity contribution in [1.29, 1.82) is 0 Å². The molecule has 2 heterocycles. The number of halogens is 2. The number of aromatic nitrogens is 3. The average molecular weight is 406 g/mol. The molecule has 1 atom stereocenters. The minimum Gasteiger partial charge on any atom is -0.468 e. The van der Waals surface area contributed by atoms with Crippen molar-refractivity contribution in [1.82, 2.24) is 14.8 Å². The first kappa shape index (κ1) is 18.6. The summed E-state index contributed by atoms with van der Waals surface area (Å²) in [4.78, 5) is 28.4. The van der Waals surface area contributed by atoms with Gasteiger partial charge in [0.25, 0.3) is 0 Å². The average Bonchev–Trinajstić information content (AvgIpc) is 3.06. The third-order valence-electron chi connectivity index (χ3n) is 4.60. The smallest absolute Gasteiger partial charge is 0.316 e. The highest BCUT2D eigenvalue weighted by atomic mass is 32.2. The van der Waals surface area contributed by atoms with Gasteiger partial charge >= 0.3 is 5.97 Å². The second-order valence-corrected chi connectivity index (χ2v) is 7.37. The quantitative estimate of drug-likeness (QED) is 0.617. The minimum absolute atomic E-state index is 0.0191. The summed E-state index contributed by atoms with van der Waals surface area (Å²) in [5, 5.41) is 7.77. The van der Waals surface area contributed by atoms with E-state index in [1.165, 1.54) is 23.9 Å². The Labute approximate surface area is 163 Å². The van der Waals surface area contributed by atoms with E-state index in [0.29, 0.717) is 41.6 Å². The van der Waals surface area contributed by atoms with Crippen molar-refractivity contribution in [2.75, 3.05) is 18.2 Å². The van der Waals surface area contributed by atoms with Crippen LogP contribution >= 0.6 is 11.8 Å². The van der Waals surface area contributed by atoms with Crippen molar-refractivity contribution < 1.29 is 23.1 Å². The molecule has 1 aliphatic heterocycles. The monoisotopic (exact) mass is 406 g/mol. The molecular weight excluding hydrogens is 390 g/mol. The van der Waals surface area contributed by atoms with E-state index in [4.69, 9.17) is 0 Å². The normalized spacial score (nSPS) is 18.4. The second kappa shape index (κ2) is 7.34. The summed E-state index contributed by atoms with van der Waals surface area (Å²) in [7, 11) is 1.29. The number of fused-ring (bicyclic) bond motifs is 1. The maximum absolute atomic E-state index is 13.9. The predicted octanol–water partition coefficient (Wildman–Crippen LogP) is 2.84. The molecule has 0 bridgehead atoms. The molecule has 146 valence electrons. The molecular formula is C18H16F2N4O3S. The maximum Gasteiger partial charge on any atom is 0.316 e. The first-order valence-electron chi connectivity index (χ1n) is 8.61. The van der Waals surface area contributed by atoms with E-state index in [-0.39, 0.29) is 17.1 Å². The van der Waals surface area contributed by atoms with Gasteiger partial charge in [0, 0.05) is 23.8 Å². The Bertz CT molecular complexity index is 984. The van der Waals surface area contributed by atoms with Crippen LogP contribution in [0.2, 0.25) is 0 Å². The summed E-state index contributed by atoms with van der Waals surface area (Å²) in [6, 6.07) is 2.38. The molecule has 1 aromatic heterocycles. The molecule has 1 aromatic carbocycles. The Balaban J connectivity index is 1.79. The molecule has 0 radical (unpaired) electrons. The number of ether oxygens (including phenoxy) is 1. The maximum atomic E-state index is 13.9. The highest BCUT2D eigenvalue weighted by Gasteiger charge is 2.37. The number of esters is 1. The topological polar surface area (TPSA) is 86.1 Å². The number of ketones is 1. The molecule has 28 heavy (non-hydrogen) atoms. The van der Waals surface area contributed by atoms with Gasteiger partial charge in [-0.25, -0.2) is 13.5 Å². The van der Waals surface area contributed by atoms with Gasteiger partial charge in [-0.3, -0.25) is 9.59 Å². The zero-order valence-corrected chi connectivity index (χ0v) is 15.7. The van der Waals surface area contributed by atoms with Crippen LogP contribution in [-0.4, -0.2) is 39.4 Å². The van der Waals surface area contributed by atoms with Crippen molar-refractivity contribution in [3.05, 3.63) is 46.7 Å². The number of hydrogen-bond donors (Lipinski definition) is 1. The third kappa shape index (κ3) is 3.39. The summed E-state index contributed by atoms with van der Waals surface area (Å²) in [6.07, 6.45) is 1.68. The van der Waals surface area contributed by atoms with E-state index in [9.17, 15) is 18.4 Å². The lowest BCUT2D eigenvalue weighted by Crippen LogP contribution is -2.31. The van der Waals surface area contributed by atoms with Crippen LogP contribution in [0.3, 0.4) is 0 Å². The summed E-state index contributed by atoms with van der Waals surface area (Å²) in [5.74, 6) is -1.61. The number of rotatable bonds is 4. The van der Waals surface area contributed by atoms with E-state index < -0.39 is 23.6 Å². The Hall–Kier alpha value is -2.75. The first-order valence-corrected chi connectivity index (χ1v) is 9.60. The predicted molar refractivity (Wildman–Crippen MR) is 96.8 cm³/mol. The number of nitrogens with one attached hydrogen (secondary N) is 1. The molecule has 0 saturated heterocycles. The zero-order valence-electron chi connectivity index (χ0n) is 14.9. The fraction of sp³-hybridized carbons (Fsp3) is 0.333. The highest BCUT2D eigenvalue weighted by Crippen LogP contribution is 2.40. The number of allylic oxidation sites excluding steroid dienone is 2. The van der Waals surface area contributed by atoms with Gasteiger partial charge in [-0.1, -0.05) is 11.8 Å². The summed E-state index contributed by atoms with van der Waals surface area (Å²) < 4.78 is 33.8. The van der Waals surface area contributed by atoms with E-state index >= 15 is 0 Å². The molecule has 1 aliphatic carbocycles. The molecule has 7 nitrogen and oxygen atoms in total. The standard InChI is InChI=1S/C18H16F2N4O3S/c1-27-14(26)8-28-18-22-17-21-12-3-2-4-13(25)15(12)16(24(17)23-18)9-5-10(19)7-11(20)6-9/h5-7,16H,2-4,8H2,1H3,(H,21,22,23)/t16-/m1/s1. The molecule has 4 rings (SSSR count). The van der Waals surface area contributed by atoms with Gasteiger partial charge in [-0.2, -0.15) is 4.98 Å². The Morgan fingerprint density at radius 2 is 2.07 bits per heavy atom. The van der Waals surface area contributed by atoms with E-state index in [1.807, 2.05) is 0 Å². The van der Waals surface area contributed by atoms with E-state index in [0.717, 1.165) is 17.8 Å². The molecule has 0 fully saturated rings. The summed E-state index contributed by atoms with van der Waals surface area (Å²) in [5.41, 5.74) is 1.41. The molecule has 0 saturated carbocycles. The van der Waals surface area contributed by atoms with Gasteiger partial charge < -0.3 is 10.1 Å². The molecule has 2 aliphatic rings. The molecule has 0 spiro atoms. The van der Waals surface area contributed by atoms with Crippen LogP contribution in [0, 0.1) is 11.6 Å². The van der Waals surface area contributed by atoms with Gasteiger partial charge in [0.2, 0.25) is 11.1 Å². The number of hydrogen-bond acceptors (Lipinski definition) is 7. The molecule has 10 heteroatoms. The number of carbonyl (C=O) groups is 2. The number of Topliss-reactive ketones (excluding diaryl/α,β-unsaturated/α-hetero) is 1. The minimum atomic E-state index is -0.788. The van der Waals surface area contributed by atoms with E-state index in [2.05, 4.69) is 20.1 Å². The van der Waals surface area contributed by atoms with Crippen molar-refractivity contribution in [2.45, 2.75) is 30.5 Å². The van der Waals surface area contributed by atoms with Gasteiger partial charge in [0.05, 0.1) is 12.9 Å². The Morgan fingerprint density at radius 3 is 2.79 bits per heavy atom. The molecule has 2 aromatic rings. The summed E-state index contributed by atoms with van der Waals surface area (Å²) >= 11 is 1.08. The molecule has 0 unspecified atom stereocenters. The lowest BCUT2D eigenvalue weighted by Gasteiger charge is -2.32. The van der Waals surface area contributed by atoms with E-state index in [1.54, 1.807) is 0 Å². The lowest BCUT2D eigenvalue weighted by molar-refractivity contribution is -0.137. The Morgan fingerprint density at radius 1 is 1.32 bits per heavy atom. The molecule has 1 N–H and O–H groups in total. The number of carbonyl (C=O) groups excluding carboxylic acids is 2. The number of anilines is 1. The second-order valence-electron chi connectivity index (χ2n) is 6.43. The highest BCUT2D eigenvalue weighted by molar-refractivity contribution is 7.99. The van der Waals surface area contributed by atoms with Crippen molar-refractivity contribution in [3.8, 4) is 0 Å². The van der Waals surface area contributed by atoms with Crippen LogP contribution < -0.4 is 5.32 Å². The van der Waals surface area contributed by atoms with Crippen LogP contribution in [0.1, 0.15) is 30.9 Å². The lowest BCUT2D eigenvalue weighted by atomic mass is 9.85. The first-order chi connectivity index (χ1) is 13.5. The van der Waals surface area contributed by atoms with Crippen LogP contribution in [0.4, 0.5) is 14.7 Å². The van der Waals surface area contributed by atoms with Gasteiger partial charge in [0.1, 0.15) is 17.7 Å². The largest absolute Gasteiger partial charge is 0.468 e. The summed E-state index contributed by atoms with van der Waals surface area (Å²) in [6.45, 7) is 0. The van der Waals surface area contributed by atoms with Crippen LogP contribution in [0.5, 0.6) is 0 Å². The molecule has 0 amide bonds. The fourth-order valence-electron chi connectivity index (χ4n) is 3.42. The van der Waals surface area contributed by atoms with Crippen molar-refractivity contribution in [2.24, 2.45) is 0 Å². The van der Waals surface area contributed by atoms with Crippen LogP contribution in [0.15, 0.2) is 34.6 Å². The van der Waals surface area contributed by atoms with Crippen LogP contribution in [-0.2, 0) is 14.3 Å². The van der Waals surface area contributed by atoms with Crippen LogP contribution in [0.25, 0.3) is 0 Å². The van der Waals surface area contributed by atoms with Gasteiger partial charge in [-0.05, 0) is 30.5 Å².